The molecule has 2 N–H and O–H groups in total. The number of nitrogens with two attached hydrogens (primary N) is 1. The zero-order valence-corrected chi connectivity index (χ0v) is 18.4. The Hall–Kier alpha value is -2.69. The summed E-state index contributed by atoms with van der Waals surface area (Å²) in [6.45, 7) is 6.56. The van der Waals surface area contributed by atoms with E-state index in [-0.39, 0.29) is 11.6 Å². The highest BCUT2D eigenvalue weighted by Gasteiger charge is 2.38. The van der Waals surface area contributed by atoms with Crippen molar-refractivity contribution in [3.8, 4) is 11.6 Å². The fraction of sp³-hybridized carbons (Fsp3) is 0.500. The normalized spacial score (nSPS) is 23.6. The summed E-state index contributed by atoms with van der Waals surface area (Å²) in [5, 5.41) is 4.35. The van der Waals surface area contributed by atoms with Crippen LogP contribution in [0.5, 0.6) is 0 Å². The van der Waals surface area contributed by atoms with Crippen LogP contribution >= 0.6 is 0 Å². The first-order valence-corrected chi connectivity index (χ1v) is 10.9. The van der Waals surface area contributed by atoms with Crippen LogP contribution < -0.4 is 5.73 Å². The maximum atomic E-state index is 14.2. The Labute approximate surface area is 185 Å². The minimum atomic E-state index is -0.653. The number of imidazole rings is 1. The van der Waals surface area contributed by atoms with Gasteiger partial charge in [-0.2, -0.15) is 5.10 Å². The third-order valence-electron chi connectivity index (χ3n) is 6.43. The van der Waals surface area contributed by atoms with Gasteiger partial charge in [0.2, 0.25) is 0 Å². The van der Waals surface area contributed by atoms with E-state index in [0.29, 0.717) is 25.4 Å². The van der Waals surface area contributed by atoms with Gasteiger partial charge in [-0.05, 0) is 38.5 Å². The van der Waals surface area contributed by atoms with E-state index in [2.05, 4.69) is 26.5 Å². The number of aromatic nitrogens is 5. The van der Waals surface area contributed by atoms with E-state index in [0.717, 1.165) is 48.3 Å². The highest BCUT2D eigenvalue weighted by molar-refractivity contribution is 5.48. The maximum absolute atomic E-state index is 14.2. The molecule has 3 atom stereocenters. The van der Waals surface area contributed by atoms with E-state index in [1.807, 2.05) is 14.0 Å². The van der Waals surface area contributed by atoms with Crippen LogP contribution in [0.2, 0.25) is 0 Å². The van der Waals surface area contributed by atoms with Gasteiger partial charge in [0.05, 0.1) is 18.0 Å². The average molecular weight is 444 g/mol. The molecule has 0 aliphatic carbocycles. The van der Waals surface area contributed by atoms with Crippen molar-refractivity contribution in [3.05, 3.63) is 52.6 Å². The summed E-state index contributed by atoms with van der Waals surface area (Å²) in [5.41, 5.74) is 8.73. The number of nitrogens with zero attached hydrogens (tertiary/aromatic N) is 6. The number of hydrogen-bond acceptors (Lipinski definition) is 6. The van der Waals surface area contributed by atoms with Crippen LogP contribution in [-0.2, 0) is 31.4 Å². The van der Waals surface area contributed by atoms with Crippen molar-refractivity contribution < 1.29 is 13.5 Å². The Kier molecular flexibility index (Phi) is 5.31. The Morgan fingerprint density at radius 1 is 1.19 bits per heavy atom. The van der Waals surface area contributed by atoms with Crippen LogP contribution in [0.15, 0.2) is 18.2 Å². The van der Waals surface area contributed by atoms with Gasteiger partial charge in [-0.1, -0.05) is 0 Å². The second kappa shape index (κ2) is 8.02. The Morgan fingerprint density at radius 2 is 2.00 bits per heavy atom. The Bertz CT molecular complexity index is 1160. The van der Waals surface area contributed by atoms with Crippen molar-refractivity contribution >= 4 is 0 Å². The third-order valence-corrected chi connectivity index (χ3v) is 6.43. The minimum absolute atomic E-state index is 0.0814. The number of rotatable bonds is 4. The van der Waals surface area contributed by atoms with E-state index >= 15 is 0 Å². The summed E-state index contributed by atoms with van der Waals surface area (Å²) < 4.78 is 37.8. The molecular formula is C22H27F2N7O. The summed E-state index contributed by atoms with van der Waals surface area (Å²) in [6, 6.07) is 3.05. The molecule has 1 fully saturated rings. The predicted octanol–water partition coefficient (Wildman–Crippen LogP) is 2.46. The maximum Gasteiger partial charge on any atom is 0.194 e. The summed E-state index contributed by atoms with van der Waals surface area (Å²) >= 11 is 0. The monoisotopic (exact) mass is 443 g/mol. The smallest absolute Gasteiger partial charge is 0.194 e. The molecule has 2 unspecified atom stereocenters. The molecule has 32 heavy (non-hydrogen) atoms. The number of benzene rings is 1. The number of halogens is 2. The first-order valence-electron chi connectivity index (χ1n) is 10.9. The molecule has 2 aromatic heterocycles. The molecule has 1 aromatic carbocycles. The number of fused-ring (bicyclic) bond motifs is 1. The molecule has 2 aliphatic heterocycles. The van der Waals surface area contributed by atoms with Gasteiger partial charge in [0.15, 0.2) is 11.6 Å². The standard InChI is InChI=1S/C22H27F2N7O/c1-4-31-19-10-30(9-18(19)27-22(31)21-26-12(2)28-29(21)3)14-8-17(25)20(32-11-14)15-7-13(23)5-6-16(15)24/h5-7,14,17,20H,4,8-11,25H2,1-3H3/t14?,17?,20-/m1/s1. The highest BCUT2D eigenvalue weighted by atomic mass is 19.1. The quantitative estimate of drug-likeness (QED) is 0.667. The summed E-state index contributed by atoms with van der Waals surface area (Å²) in [7, 11) is 1.88. The van der Waals surface area contributed by atoms with Crippen LogP contribution in [0, 0.1) is 18.6 Å². The SMILES string of the molecule is CCn1c(-c2nc(C)nn2C)nc2c1CN(C1CO[C@H](c3cc(F)ccc3F)C(N)C1)C2. The van der Waals surface area contributed by atoms with Gasteiger partial charge in [0, 0.05) is 44.3 Å². The summed E-state index contributed by atoms with van der Waals surface area (Å²) in [4.78, 5) is 11.7. The minimum Gasteiger partial charge on any atom is -0.370 e. The highest BCUT2D eigenvalue weighted by Crippen LogP contribution is 2.35. The fourth-order valence-corrected chi connectivity index (χ4v) is 4.91. The van der Waals surface area contributed by atoms with E-state index < -0.39 is 23.8 Å². The molecule has 5 rings (SSSR count). The van der Waals surface area contributed by atoms with Gasteiger partial charge in [-0.25, -0.2) is 23.4 Å². The lowest BCUT2D eigenvalue weighted by molar-refractivity contribution is -0.0535. The lowest BCUT2D eigenvalue weighted by atomic mass is 9.93. The van der Waals surface area contributed by atoms with Gasteiger partial charge in [0.1, 0.15) is 23.6 Å². The van der Waals surface area contributed by atoms with Crippen molar-refractivity contribution in [1.29, 1.82) is 0 Å². The van der Waals surface area contributed by atoms with Gasteiger partial charge in [-0.15, -0.1) is 0 Å². The van der Waals surface area contributed by atoms with Crippen molar-refractivity contribution in [2.75, 3.05) is 6.61 Å². The second-order valence-electron chi connectivity index (χ2n) is 8.56. The van der Waals surface area contributed by atoms with E-state index in [1.54, 1.807) is 4.68 Å². The molecule has 3 aromatic rings. The molecule has 0 radical (unpaired) electrons. The van der Waals surface area contributed by atoms with Crippen molar-refractivity contribution in [2.45, 2.75) is 58.1 Å². The largest absolute Gasteiger partial charge is 0.370 e. The van der Waals surface area contributed by atoms with Crippen molar-refractivity contribution in [3.63, 3.8) is 0 Å². The van der Waals surface area contributed by atoms with Gasteiger partial charge >= 0.3 is 0 Å². The molecule has 4 heterocycles. The molecule has 1 saturated heterocycles. The van der Waals surface area contributed by atoms with Gasteiger partial charge in [0.25, 0.3) is 0 Å². The molecule has 10 heteroatoms. The van der Waals surface area contributed by atoms with Gasteiger partial charge < -0.3 is 15.0 Å². The summed E-state index contributed by atoms with van der Waals surface area (Å²) in [6.07, 6.45) is -0.0212. The van der Waals surface area contributed by atoms with E-state index in [9.17, 15) is 8.78 Å². The molecule has 2 aliphatic rings. The van der Waals surface area contributed by atoms with Crippen LogP contribution in [-0.4, -0.2) is 47.9 Å². The van der Waals surface area contributed by atoms with Crippen LogP contribution in [0.4, 0.5) is 8.78 Å². The van der Waals surface area contributed by atoms with Crippen LogP contribution in [0.25, 0.3) is 11.6 Å². The predicted molar refractivity (Wildman–Crippen MR) is 113 cm³/mol. The molecule has 0 bridgehead atoms. The molecule has 0 saturated carbocycles. The molecule has 0 spiro atoms. The third kappa shape index (κ3) is 3.52. The average Bonchev–Trinajstić information content (AvgIpc) is 3.41. The van der Waals surface area contributed by atoms with Crippen molar-refractivity contribution in [1.82, 2.24) is 29.2 Å². The Balaban J connectivity index is 1.32. The number of aryl methyl sites for hydroxylation is 2. The second-order valence-corrected chi connectivity index (χ2v) is 8.56. The lowest BCUT2D eigenvalue weighted by Crippen LogP contribution is -2.47. The number of hydrogen-bond donors (Lipinski definition) is 1. The van der Waals surface area contributed by atoms with Crippen LogP contribution in [0.1, 0.15) is 42.2 Å². The zero-order chi connectivity index (χ0) is 22.6. The zero-order valence-electron chi connectivity index (χ0n) is 18.4. The summed E-state index contributed by atoms with van der Waals surface area (Å²) in [5.74, 6) is 1.32. The fourth-order valence-electron chi connectivity index (χ4n) is 4.91. The van der Waals surface area contributed by atoms with E-state index in [4.69, 9.17) is 15.5 Å². The van der Waals surface area contributed by atoms with E-state index in [1.165, 1.54) is 6.07 Å². The topological polar surface area (TPSA) is 87.0 Å². The first kappa shape index (κ1) is 21.2. The Morgan fingerprint density at radius 3 is 2.69 bits per heavy atom. The molecular weight excluding hydrogens is 416 g/mol. The molecule has 0 amide bonds. The first-order chi connectivity index (χ1) is 15.4. The van der Waals surface area contributed by atoms with Gasteiger partial charge in [-0.3, -0.25) is 4.90 Å². The lowest BCUT2D eigenvalue weighted by Gasteiger charge is -2.38. The molecule has 8 nitrogen and oxygen atoms in total. The number of ether oxygens (including phenoxy) is 1. The molecule has 170 valence electrons. The van der Waals surface area contributed by atoms with Crippen molar-refractivity contribution in [2.24, 2.45) is 12.8 Å². The van der Waals surface area contributed by atoms with Crippen LogP contribution in [0.3, 0.4) is 0 Å².